The van der Waals surface area contributed by atoms with E-state index in [1.54, 1.807) is 14.2 Å². The minimum atomic E-state index is -0.302. The summed E-state index contributed by atoms with van der Waals surface area (Å²) >= 11 is 0. The summed E-state index contributed by atoms with van der Waals surface area (Å²) in [6, 6.07) is 30.1. The number of hydroxylamine groups is 4. The number of nitrogens with zero attached hydrogens (tertiary/aromatic N) is 8. The zero-order valence-electron chi connectivity index (χ0n) is 62.5. The molecule has 6 aliphatic carbocycles. The van der Waals surface area contributed by atoms with Crippen LogP contribution in [0, 0.1) is 34.5 Å². The SMILES string of the molecule is CO.CON1C(C)(C)CC(NCc2cn(CCOc3ccc([C@H]4C[C@@]5(C)C(CC[C@@H]5O)C5CCc6cc(O)ccc6C54)cc3)nn2)CC1(C)C.CON1C(C)(C)CC(NCc2cn(CCOc3ccc([C@H]4C[C@]5(C)C(=O)CCC5C5CCc6cc(OC(C)=O)ccc6C54)cc3)nn2)CC1(C)C. The van der Waals surface area contributed by atoms with Crippen molar-refractivity contribution in [1.82, 2.24) is 50.7 Å². The van der Waals surface area contributed by atoms with Crippen molar-refractivity contribution < 1.29 is 48.8 Å². The lowest BCUT2D eigenvalue weighted by molar-refractivity contribution is -0.267. The first-order valence-electron chi connectivity index (χ1n) is 37.3. The average Bonchev–Trinajstić information content (AvgIpc) is 1.69. The Morgan fingerprint density at radius 2 is 1.01 bits per heavy atom. The lowest BCUT2D eigenvalue weighted by atomic mass is 9.51. The van der Waals surface area contributed by atoms with Crippen LogP contribution in [0.5, 0.6) is 23.0 Å². The third-order valence-electron chi connectivity index (χ3n) is 25.0. The number of hydrogen-bond donors (Lipinski definition) is 5. The number of phenolic OH excluding ortho intramolecular Hbond substituents is 1. The van der Waals surface area contributed by atoms with E-state index in [2.05, 4.69) is 177 Å². The summed E-state index contributed by atoms with van der Waals surface area (Å²) in [5.41, 5.74) is 9.08. The predicted octanol–water partition coefficient (Wildman–Crippen LogP) is 12.7. The quantitative estimate of drug-likeness (QED) is 0.0375. The largest absolute Gasteiger partial charge is 0.508 e. The highest BCUT2D eigenvalue weighted by molar-refractivity contribution is 5.87. The number of aryl methyl sites for hydroxylation is 2. The molecule has 6 aromatic rings. The van der Waals surface area contributed by atoms with Crippen LogP contribution >= 0.6 is 0 Å². The van der Waals surface area contributed by atoms with E-state index in [1.807, 2.05) is 40.0 Å². The summed E-state index contributed by atoms with van der Waals surface area (Å²) in [7, 11) is 4.52. The third-order valence-corrected chi connectivity index (χ3v) is 25.0. The van der Waals surface area contributed by atoms with Crippen LogP contribution in [0.2, 0.25) is 0 Å². The van der Waals surface area contributed by atoms with Crippen molar-refractivity contribution in [3.63, 3.8) is 0 Å². The molecule has 20 nitrogen and oxygen atoms in total. The monoisotopic (exact) mass is 1390 g/mol. The minimum Gasteiger partial charge on any atom is -0.508 e. The lowest BCUT2D eigenvalue weighted by Crippen LogP contribution is -2.63. The van der Waals surface area contributed by atoms with E-state index in [0.29, 0.717) is 117 Å². The van der Waals surface area contributed by atoms with Crippen LogP contribution in [0.25, 0.3) is 0 Å². The second-order valence-electron chi connectivity index (χ2n) is 33.6. The van der Waals surface area contributed by atoms with E-state index >= 15 is 0 Å². The van der Waals surface area contributed by atoms with Crippen molar-refractivity contribution in [3.8, 4) is 23.0 Å². The molecule has 2 aromatic heterocycles. The average molecular weight is 1390 g/mol. The molecule has 4 heterocycles. The Morgan fingerprint density at radius 3 is 1.50 bits per heavy atom. The number of aliphatic hydroxyl groups is 2. The zero-order chi connectivity index (χ0) is 72.0. The van der Waals surface area contributed by atoms with Gasteiger partial charge in [-0.1, -0.05) is 60.7 Å². The predicted molar refractivity (Wildman–Crippen MR) is 388 cm³/mol. The van der Waals surface area contributed by atoms with Gasteiger partial charge in [0.05, 0.1) is 44.8 Å². The molecule has 14 rings (SSSR count). The number of piperidine rings is 2. The fourth-order valence-corrected chi connectivity index (χ4v) is 21.5. The first kappa shape index (κ1) is 74.1. The molecule has 4 saturated carbocycles. The molecule has 4 aromatic carbocycles. The molecule has 0 radical (unpaired) electrons. The second kappa shape index (κ2) is 29.9. The number of nitrogens with one attached hydrogen (secondary N) is 2. The molecule has 6 unspecified atom stereocenters. The number of ketones is 1. The summed E-state index contributed by atoms with van der Waals surface area (Å²) in [5, 5.41) is 57.6. The van der Waals surface area contributed by atoms with Crippen molar-refractivity contribution in [3.05, 3.63) is 142 Å². The molecule has 2 aliphatic heterocycles. The van der Waals surface area contributed by atoms with Gasteiger partial charge in [-0.25, -0.2) is 9.36 Å². The maximum Gasteiger partial charge on any atom is 0.308 e. The molecule has 0 amide bonds. The molecule has 11 atom stereocenters. The van der Waals surface area contributed by atoms with Gasteiger partial charge in [0.15, 0.2) is 0 Å². The van der Waals surface area contributed by atoms with Crippen molar-refractivity contribution in [2.75, 3.05) is 34.5 Å². The third kappa shape index (κ3) is 15.4. The first-order valence-corrected chi connectivity index (χ1v) is 37.3. The number of aromatic nitrogens is 6. The molecular formula is C81H114N10O10. The number of benzene rings is 4. The van der Waals surface area contributed by atoms with Gasteiger partial charge in [-0.05, 0) is 274 Å². The van der Waals surface area contributed by atoms with Gasteiger partial charge in [0.1, 0.15) is 42.0 Å². The van der Waals surface area contributed by atoms with Crippen molar-refractivity contribution in [2.24, 2.45) is 34.5 Å². The number of carbonyl (C=O) groups is 2. The normalized spacial score (nSPS) is 29.3. The molecule has 5 N–H and O–H groups in total. The van der Waals surface area contributed by atoms with Crippen LogP contribution in [0.15, 0.2) is 97.3 Å². The Hall–Kier alpha value is -6.62. The van der Waals surface area contributed by atoms with E-state index in [1.165, 1.54) is 40.3 Å². The van der Waals surface area contributed by atoms with Crippen molar-refractivity contribution in [2.45, 2.75) is 256 Å². The van der Waals surface area contributed by atoms with Gasteiger partial charge in [-0.3, -0.25) is 9.59 Å². The summed E-state index contributed by atoms with van der Waals surface area (Å²) < 4.78 is 21.5. The Labute approximate surface area is 598 Å². The van der Waals surface area contributed by atoms with Crippen LogP contribution in [-0.4, -0.2) is 142 Å². The zero-order valence-corrected chi connectivity index (χ0v) is 62.5. The van der Waals surface area contributed by atoms with Gasteiger partial charge in [0, 0.05) is 85.6 Å². The van der Waals surface area contributed by atoms with Gasteiger partial charge in [-0.15, -0.1) is 10.2 Å². The van der Waals surface area contributed by atoms with Gasteiger partial charge in [-0.2, -0.15) is 10.1 Å². The minimum absolute atomic E-state index is 0.0591. The Bertz CT molecular complexity index is 3800. The number of rotatable bonds is 19. The van der Waals surface area contributed by atoms with Crippen LogP contribution in [-0.2, 0) is 58.3 Å². The van der Waals surface area contributed by atoms with E-state index in [4.69, 9.17) is 29.0 Å². The summed E-state index contributed by atoms with van der Waals surface area (Å²) in [6.45, 7) is 27.4. The lowest BCUT2D eigenvalue weighted by Gasteiger charge is -2.54. The highest BCUT2D eigenvalue weighted by Crippen LogP contribution is 2.66. The van der Waals surface area contributed by atoms with Gasteiger partial charge >= 0.3 is 5.97 Å². The molecule has 20 heteroatoms. The second-order valence-corrected chi connectivity index (χ2v) is 33.6. The van der Waals surface area contributed by atoms with E-state index in [-0.39, 0.29) is 51.0 Å². The van der Waals surface area contributed by atoms with Crippen molar-refractivity contribution in [1.29, 1.82) is 0 Å². The Balaban J connectivity index is 0.000000187. The highest BCUT2D eigenvalue weighted by Gasteiger charge is 2.60. The van der Waals surface area contributed by atoms with E-state index < -0.39 is 0 Å². The maximum atomic E-state index is 13.4. The summed E-state index contributed by atoms with van der Waals surface area (Å²) in [6.07, 6.45) is 17.4. The van der Waals surface area contributed by atoms with Crippen LogP contribution < -0.4 is 24.8 Å². The molecule has 2 saturated heterocycles. The van der Waals surface area contributed by atoms with Gasteiger partial charge < -0.3 is 49.8 Å². The fourth-order valence-electron chi connectivity index (χ4n) is 21.5. The Kier molecular flexibility index (Phi) is 21.9. The fraction of sp³-hybridized carbons (Fsp3) is 0.630. The number of carbonyl (C=O) groups excluding carboxylic acids is 2. The number of esters is 1. The van der Waals surface area contributed by atoms with Crippen LogP contribution in [0.4, 0.5) is 0 Å². The maximum absolute atomic E-state index is 13.4. The van der Waals surface area contributed by atoms with E-state index in [0.717, 1.165) is 113 Å². The molecule has 0 spiro atoms. The standard InChI is InChI=1S/C41H55N5O5.C39H55N5O4.CH4O/c1-26(47)51-32-13-15-33-28(20-32)10-14-34-36-16-17-37(48)41(36,6)23-35(38(33)34)27-8-11-31(12-9-27)50-19-18-45-25-30(43-44-45)24-42-29-21-39(2,3)46(49-7)40(4,5)22-29;1-37(2)20-27(21-38(3,4)44(37)47-6)40-23-28-24-43(42-41-28)17-18-48-30-11-7-25(8-12-30)33-22-39(5)34(15-16-35(39)46)32-13-9-26-19-29(45)10-14-31(26)36(32)33;1-2/h8-9,11-13,15,20,25,29,34-36,38,42H,10,14,16-19,21-24H2,1-7H3;7-8,10-12,14,19,24,27,32-36,40,45-46H,9,13,15-18,20-23H2,1-6H3;2H,1H3/t34?,35-,36?,38?,41+;32?,33-,34?,35+,36?,39+;/m11./s1. The summed E-state index contributed by atoms with van der Waals surface area (Å²) in [4.78, 5) is 36.5. The van der Waals surface area contributed by atoms with Gasteiger partial charge in [0.2, 0.25) is 0 Å². The molecule has 101 heavy (non-hydrogen) atoms. The molecule has 0 bridgehead atoms. The first-order chi connectivity index (χ1) is 48.1. The topological polar surface area (TPSA) is 233 Å². The summed E-state index contributed by atoms with van der Waals surface area (Å²) in [5.74, 6) is 5.97. The highest BCUT2D eigenvalue weighted by atomic mass is 16.7. The molecule has 548 valence electrons. The van der Waals surface area contributed by atoms with Crippen LogP contribution in [0.1, 0.15) is 222 Å². The molecule has 6 fully saturated rings. The Morgan fingerprint density at radius 1 is 0.554 bits per heavy atom. The number of ether oxygens (including phenoxy) is 3. The van der Waals surface area contributed by atoms with Crippen molar-refractivity contribution >= 4 is 11.8 Å². The smallest absolute Gasteiger partial charge is 0.308 e. The number of phenols is 1. The number of aromatic hydroxyl groups is 1. The number of fused-ring (bicyclic) bond motifs is 10. The molecule has 8 aliphatic rings. The van der Waals surface area contributed by atoms with Crippen LogP contribution in [0.3, 0.4) is 0 Å². The number of Topliss-reactive ketones (excluding diaryl/α,β-unsaturated/α-hetero) is 1. The van der Waals surface area contributed by atoms with Gasteiger partial charge in [0.25, 0.3) is 0 Å². The number of hydrogen-bond acceptors (Lipinski definition) is 18. The van der Waals surface area contributed by atoms with E-state index in [9.17, 15) is 19.8 Å². The molecular weight excluding hydrogens is 1270 g/mol. The number of aliphatic hydroxyl groups excluding tert-OH is 2.